The standard InChI is InChI=1S/C26H37N7O7/c1-3-14(2)22(26(39)40)33-25(38)20(11-16-12-29-13-30-16)32-24(37)19(8-9-21(28)35)31-23(36)18(27)10-15-4-6-17(34)7-5-15/h4-7,12-14,18-20,22,34H,3,8-11,27H2,1-2H3,(H2,28,35)(H,29,30)(H,31,36)(H,32,37)(H,33,38)(H,39,40). The number of carbonyl (C=O) groups is 5. The van der Waals surface area contributed by atoms with E-state index in [2.05, 4.69) is 25.9 Å². The van der Waals surface area contributed by atoms with E-state index < -0.39 is 53.8 Å². The summed E-state index contributed by atoms with van der Waals surface area (Å²) in [7, 11) is 0. The number of benzene rings is 1. The zero-order valence-electron chi connectivity index (χ0n) is 22.4. The van der Waals surface area contributed by atoms with Crippen LogP contribution in [0.1, 0.15) is 44.4 Å². The van der Waals surface area contributed by atoms with Crippen molar-refractivity contribution in [2.24, 2.45) is 17.4 Å². The summed E-state index contributed by atoms with van der Waals surface area (Å²) in [6.45, 7) is 3.47. The molecule has 0 aliphatic rings. The molecule has 0 saturated carbocycles. The maximum atomic E-state index is 13.3. The number of hydrogen-bond acceptors (Lipinski definition) is 8. The Morgan fingerprint density at radius 1 is 0.975 bits per heavy atom. The molecule has 10 N–H and O–H groups in total. The van der Waals surface area contributed by atoms with Crippen molar-refractivity contribution in [1.29, 1.82) is 0 Å². The zero-order valence-corrected chi connectivity index (χ0v) is 22.4. The van der Waals surface area contributed by atoms with Gasteiger partial charge in [-0.25, -0.2) is 9.78 Å². The molecule has 0 spiro atoms. The van der Waals surface area contributed by atoms with Gasteiger partial charge in [0.2, 0.25) is 23.6 Å². The Labute approximate surface area is 231 Å². The molecule has 0 radical (unpaired) electrons. The highest BCUT2D eigenvalue weighted by Gasteiger charge is 2.32. The summed E-state index contributed by atoms with van der Waals surface area (Å²) in [4.78, 5) is 69.2. The van der Waals surface area contributed by atoms with Gasteiger partial charge in [0.05, 0.1) is 12.4 Å². The van der Waals surface area contributed by atoms with E-state index in [1.807, 2.05) is 0 Å². The number of primary amides is 1. The quantitative estimate of drug-likeness (QED) is 0.127. The topological polar surface area (TPSA) is 243 Å². The summed E-state index contributed by atoms with van der Waals surface area (Å²) in [5, 5.41) is 26.6. The molecule has 218 valence electrons. The Morgan fingerprint density at radius 3 is 2.15 bits per heavy atom. The maximum Gasteiger partial charge on any atom is 0.326 e. The number of nitrogens with two attached hydrogens (primary N) is 2. The van der Waals surface area contributed by atoms with Crippen molar-refractivity contribution in [3.05, 3.63) is 48.0 Å². The summed E-state index contributed by atoms with van der Waals surface area (Å²) < 4.78 is 0. The van der Waals surface area contributed by atoms with Crippen LogP contribution in [0.15, 0.2) is 36.8 Å². The van der Waals surface area contributed by atoms with Crippen LogP contribution in [-0.4, -0.2) is 73.9 Å². The number of aromatic hydroxyl groups is 1. The number of phenolic OH excluding ortho intramolecular Hbond substituents is 1. The molecule has 5 atom stereocenters. The summed E-state index contributed by atoms with van der Waals surface area (Å²) >= 11 is 0. The minimum atomic E-state index is -1.27. The zero-order chi connectivity index (χ0) is 29.8. The van der Waals surface area contributed by atoms with Crippen LogP contribution in [0.25, 0.3) is 0 Å². The van der Waals surface area contributed by atoms with E-state index in [-0.39, 0.29) is 37.4 Å². The third kappa shape index (κ3) is 10.0. The Balaban J connectivity index is 2.20. The van der Waals surface area contributed by atoms with Crippen LogP contribution in [0.3, 0.4) is 0 Å². The number of imidazole rings is 1. The van der Waals surface area contributed by atoms with E-state index >= 15 is 0 Å². The van der Waals surface area contributed by atoms with E-state index in [9.17, 15) is 34.2 Å². The Hall–Kier alpha value is -4.46. The number of carbonyl (C=O) groups excluding carboxylic acids is 4. The van der Waals surface area contributed by atoms with Gasteiger partial charge in [-0.05, 0) is 36.5 Å². The Kier molecular flexibility index (Phi) is 12.1. The smallest absolute Gasteiger partial charge is 0.326 e. The second kappa shape index (κ2) is 15.2. The van der Waals surface area contributed by atoms with Crippen molar-refractivity contribution in [2.75, 3.05) is 0 Å². The lowest BCUT2D eigenvalue weighted by Crippen LogP contribution is -2.58. The molecule has 0 aliphatic carbocycles. The number of aromatic amines is 1. The molecule has 0 fully saturated rings. The van der Waals surface area contributed by atoms with Crippen LogP contribution >= 0.6 is 0 Å². The number of aromatic nitrogens is 2. The van der Waals surface area contributed by atoms with Gasteiger partial charge in [-0.15, -0.1) is 0 Å². The van der Waals surface area contributed by atoms with E-state index in [1.54, 1.807) is 26.0 Å². The van der Waals surface area contributed by atoms with Gasteiger partial charge >= 0.3 is 5.97 Å². The molecule has 1 heterocycles. The fourth-order valence-corrected chi connectivity index (χ4v) is 3.85. The van der Waals surface area contributed by atoms with Gasteiger partial charge in [0.25, 0.3) is 0 Å². The first kappa shape index (κ1) is 31.8. The molecule has 0 saturated heterocycles. The molecule has 0 aliphatic heterocycles. The Morgan fingerprint density at radius 2 is 1.60 bits per heavy atom. The van der Waals surface area contributed by atoms with E-state index in [0.717, 1.165) is 0 Å². The molecule has 2 aromatic rings. The van der Waals surface area contributed by atoms with Crippen LogP contribution in [0, 0.1) is 5.92 Å². The maximum absolute atomic E-state index is 13.3. The molecular weight excluding hydrogens is 522 g/mol. The summed E-state index contributed by atoms with van der Waals surface area (Å²) in [5.74, 6) is -4.48. The highest BCUT2D eigenvalue weighted by molar-refractivity contribution is 5.94. The summed E-state index contributed by atoms with van der Waals surface area (Å²) in [6.07, 6.45) is 2.97. The molecule has 1 aromatic carbocycles. The average Bonchev–Trinajstić information content (AvgIpc) is 3.42. The van der Waals surface area contributed by atoms with Gasteiger partial charge < -0.3 is 42.6 Å². The van der Waals surface area contributed by atoms with Crippen LogP contribution in [-0.2, 0) is 36.8 Å². The van der Waals surface area contributed by atoms with Crippen molar-refractivity contribution >= 4 is 29.6 Å². The fraction of sp³-hybridized carbons (Fsp3) is 0.462. The van der Waals surface area contributed by atoms with E-state index in [0.29, 0.717) is 17.7 Å². The van der Waals surface area contributed by atoms with Crippen molar-refractivity contribution in [3.8, 4) is 5.75 Å². The first-order chi connectivity index (χ1) is 18.9. The summed E-state index contributed by atoms with van der Waals surface area (Å²) in [6, 6.07) is 1.33. The first-order valence-electron chi connectivity index (χ1n) is 12.8. The average molecular weight is 560 g/mol. The van der Waals surface area contributed by atoms with Crippen molar-refractivity contribution in [3.63, 3.8) is 0 Å². The third-order valence-electron chi connectivity index (χ3n) is 6.43. The van der Waals surface area contributed by atoms with Crippen LogP contribution in [0.5, 0.6) is 5.75 Å². The largest absolute Gasteiger partial charge is 0.508 e. The number of carboxylic acids is 1. The molecule has 14 heteroatoms. The van der Waals surface area contributed by atoms with Gasteiger partial charge in [-0.2, -0.15) is 0 Å². The normalized spacial score (nSPS) is 14.7. The predicted octanol–water partition coefficient (Wildman–Crippen LogP) is -0.922. The molecule has 4 amide bonds. The number of nitrogens with zero attached hydrogens (tertiary/aromatic N) is 1. The number of H-pyrrole nitrogens is 1. The second-order valence-corrected chi connectivity index (χ2v) is 9.60. The minimum Gasteiger partial charge on any atom is -0.508 e. The highest BCUT2D eigenvalue weighted by atomic mass is 16.4. The number of nitrogens with one attached hydrogen (secondary N) is 4. The van der Waals surface area contributed by atoms with Crippen molar-refractivity contribution < 1.29 is 34.2 Å². The SMILES string of the molecule is CCC(C)C(NC(=O)C(Cc1cnc[nH]1)NC(=O)C(CCC(N)=O)NC(=O)C(N)Cc1ccc(O)cc1)C(=O)O. The number of hydrogen-bond donors (Lipinski definition) is 8. The Bertz CT molecular complexity index is 1150. The minimum absolute atomic E-state index is 0.0532. The number of phenols is 1. The number of rotatable bonds is 16. The van der Waals surface area contributed by atoms with Crippen molar-refractivity contribution in [1.82, 2.24) is 25.9 Å². The lowest BCUT2D eigenvalue weighted by Gasteiger charge is -2.26. The third-order valence-corrected chi connectivity index (χ3v) is 6.43. The van der Waals surface area contributed by atoms with Crippen LogP contribution in [0.2, 0.25) is 0 Å². The van der Waals surface area contributed by atoms with E-state index in [4.69, 9.17) is 11.5 Å². The van der Waals surface area contributed by atoms with Gasteiger partial charge in [-0.1, -0.05) is 32.4 Å². The number of amides is 4. The van der Waals surface area contributed by atoms with E-state index in [1.165, 1.54) is 24.7 Å². The summed E-state index contributed by atoms with van der Waals surface area (Å²) in [5.41, 5.74) is 12.4. The molecular formula is C26H37N7O7. The number of aliphatic carboxylic acids is 1. The number of carboxylic acid groups (broad SMARTS) is 1. The van der Waals surface area contributed by atoms with Crippen LogP contribution in [0.4, 0.5) is 0 Å². The fourth-order valence-electron chi connectivity index (χ4n) is 3.85. The van der Waals surface area contributed by atoms with Gasteiger partial charge in [0.15, 0.2) is 0 Å². The molecule has 5 unspecified atom stereocenters. The van der Waals surface area contributed by atoms with Crippen molar-refractivity contribution in [2.45, 2.75) is 70.1 Å². The lowest BCUT2D eigenvalue weighted by molar-refractivity contribution is -0.143. The highest BCUT2D eigenvalue weighted by Crippen LogP contribution is 2.12. The van der Waals surface area contributed by atoms with Gasteiger partial charge in [0.1, 0.15) is 23.9 Å². The van der Waals surface area contributed by atoms with Crippen LogP contribution < -0.4 is 27.4 Å². The molecule has 0 bridgehead atoms. The molecule has 14 nitrogen and oxygen atoms in total. The molecule has 40 heavy (non-hydrogen) atoms. The first-order valence-corrected chi connectivity index (χ1v) is 12.8. The molecule has 2 rings (SSSR count). The lowest BCUT2D eigenvalue weighted by atomic mass is 9.98. The second-order valence-electron chi connectivity index (χ2n) is 9.60. The monoisotopic (exact) mass is 559 g/mol. The van der Waals surface area contributed by atoms with Gasteiger partial charge in [0, 0.05) is 24.7 Å². The predicted molar refractivity (Wildman–Crippen MR) is 143 cm³/mol. The van der Waals surface area contributed by atoms with Gasteiger partial charge in [-0.3, -0.25) is 19.2 Å². The molecule has 1 aromatic heterocycles.